The molecule has 0 unspecified atom stereocenters. The Morgan fingerprint density at radius 1 is 0.974 bits per heavy atom. The smallest absolute Gasteiger partial charge is 0.289 e. The third-order valence-electron chi connectivity index (χ3n) is 5.46. The Labute approximate surface area is 221 Å². The molecule has 1 heterocycles. The molecule has 0 aliphatic heterocycles. The fourth-order valence-electron chi connectivity index (χ4n) is 3.63. The van der Waals surface area contributed by atoms with E-state index < -0.39 is 55.4 Å². The number of nitrogens with one attached hydrogen (secondary N) is 1. The summed E-state index contributed by atoms with van der Waals surface area (Å²) in [6.45, 7) is 0. The lowest BCUT2D eigenvalue weighted by atomic mass is 9.98. The average molecular weight is 554 g/mol. The number of Topliss-reactive ketones (excluding diaryl/α,β-unsaturated/α-hetero) is 1. The highest BCUT2D eigenvalue weighted by atomic mass is 32.2. The number of H-pyrrole nitrogens is 1. The first-order valence-electron chi connectivity index (χ1n) is 11.2. The normalized spacial score (nSPS) is 12.8. The molecule has 1 amide bonds. The lowest BCUT2D eigenvalue weighted by Gasteiger charge is -2.11. The van der Waals surface area contributed by atoms with Crippen LogP contribution in [-0.4, -0.2) is 60.0 Å². The molecule has 0 atom stereocenters. The van der Waals surface area contributed by atoms with E-state index in [-0.39, 0.29) is 17.0 Å². The SMILES string of the molecule is CN(C)C(=O)C(N)=NS(=O)(=O)c1cccc(C(=O)C(=C(O)c2cc(F)cc(F)c2)c2nc3ccccc3[nH]2)c1. The number of hydrogen-bond donors (Lipinski definition) is 3. The number of imidazole rings is 1. The number of aliphatic hydroxyl groups excluding tert-OH is 1. The van der Waals surface area contributed by atoms with E-state index in [1.165, 1.54) is 26.2 Å². The van der Waals surface area contributed by atoms with E-state index in [0.717, 1.165) is 29.2 Å². The number of aliphatic hydroxyl groups is 1. The molecule has 13 heteroatoms. The molecule has 0 spiro atoms. The van der Waals surface area contributed by atoms with Crippen LogP contribution in [0.25, 0.3) is 22.4 Å². The van der Waals surface area contributed by atoms with Crippen LogP contribution >= 0.6 is 0 Å². The summed E-state index contributed by atoms with van der Waals surface area (Å²) in [5, 5.41) is 11.1. The summed E-state index contributed by atoms with van der Waals surface area (Å²) < 4.78 is 56.9. The Bertz CT molecular complexity index is 1740. The number of para-hydroxylation sites is 2. The molecule has 4 aromatic rings. The number of fused-ring (bicyclic) bond motifs is 1. The van der Waals surface area contributed by atoms with Crippen LogP contribution in [-0.2, 0) is 14.8 Å². The molecule has 0 aliphatic carbocycles. The number of hydrogen-bond acceptors (Lipinski definition) is 6. The van der Waals surface area contributed by atoms with Gasteiger partial charge in [0.2, 0.25) is 11.6 Å². The van der Waals surface area contributed by atoms with E-state index in [1.807, 2.05) is 0 Å². The van der Waals surface area contributed by atoms with Gasteiger partial charge >= 0.3 is 0 Å². The molecule has 10 nitrogen and oxygen atoms in total. The van der Waals surface area contributed by atoms with Crippen LogP contribution in [0.1, 0.15) is 21.7 Å². The maximum atomic E-state index is 13.9. The number of ketones is 1. The number of nitrogens with zero attached hydrogens (tertiary/aromatic N) is 3. The predicted molar refractivity (Wildman–Crippen MR) is 140 cm³/mol. The second kappa shape index (κ2) is 10.5. The first-order chi connectivity index (χ1) is 18.4. The van der Waals surface area contributed by atoms with Crippen molar-refractivity contribution in [3.05, 3.63) is 95.3 Å². The zero-order valence-electron chi connectivity index (χ0n) is 20.5. The summed E-state index contributed by atoms with van der Waals surface area (Å²) in [4.78, 5) is 33.5. The van der Waals surface area contributed by atoms with Crippen LogP contribution < -0.4 is 5.73 Å². The molecule has 0 fully saturated rings. The molecule has 0 aliphatic rings. The highest BCUT2D eigenvalue weighted by Crippen LogP contribution is 2.29. The number of rotatable bonds is 6. The molecule has 0 saturated heterocycles. The number of benzene rings is 3. The number of amidine groups is 1. The van der Waals surface area contributed by atoms with Gasteiger partial charge in [0.1, 0.15) is 28.8 Å². The Kier molecular flexibility index (Phi) is 7.27. The minimum Gasteiger partial charge on any atom is -0.506 e. The molecular formula is C26H21F2N5O5S. The van der Waals surface area contributed by atoms with E-state index in [0.29, 0.717) is 17.1 Å². The van der Waals surface area contributed by atoms with Crippen molar-refractivity contribution in [2.24, 2.45) is 10.1 Å². The zero-order valence-corrected chi connectivity index (χ0v) is 21.3. The van der Waals surface area contributed by atoms with Gasteiger partial charge in [0, 0.05) is 31.3 Å². The van der Waals surface area contributed by atoms with Gasteiger partial charge in [-0.15, -0.1) is 4.40 Å². The first kappa shape index (κ1) is 27.1. The van der Waals surface area contributed by atoms with Gasteiger partial charge in [-0.2, -0.15) is 8.42 Å². The van der Waals surface area contributed by atoms with Gasteiger partial charge in [-0.05, 0) is 36.4 Å². The highest BCUT2D eigenvalue weighted by Gasteiger charge is 2.26. The van der Waals surface area contributed by atoms with Gasteiger partial charge in [0.05, 0.1) is 15.9 Å². The number of nitrogens with two attached hydrogens (primary N) is 1. The number of likely N-dealkylation sites (N-methyl/N-ethyl adjacent to an activating group) is 1. The van der Waals surface area contributed by atoms with E-state index >= 15 is 0 Å². The van der Waals surface area contributed by atoms with Crippen LogP contribution in [0.5, 0.6) is 0 Å². The fourth-order valence-corrected chi connectivity index (χ4v) is 4.59. The van der Waals surface area contributed by atoms with E-state index in [4.69, 9.17) is 5.73 Å². The Morgan fingerprint density at radius 3 is 2.28 bits per heavy atom. The zero-order chi connectivity index (χ0) is 28.5. The van der Waals surface area contributed by atoms with E-state index in [1.54, 1.807) is 24.3 Å². The second-order valence-corrected chi connectivity index (χ2v) is 10.1. The second-order valence-electron chi connectivity index (χ2n) is 8.49. The van der Waals surface area contributed by atoms with Crippen LogP contribution in [0.15, 0.2) is 76.0 Å². The van der Waals surface area contributed by atoms with Crippen molar-refractivity contribution < 1.29 is 31.9 Å². The number of sulfonamides is 1. The maximum absolute atomic E-state index is 13.9. The molecule has 39 heavy (non-hydrogen) atoms. The summed E-state index contributed by atoms with van der Waals surface area (Å²) in [6, 6.07) is 13.6. The minimum atomic E-state index is -4.53. The van der Waals surface area contributed by atoms with Gasteiger partial charge in [-0.1, -0.05) is 24.3 Å². The maximum Gasteiger partial charge on any atom is 0.289 e. The number of carbonyl (C=O) groups excluding carboxylic acids is 2. The monoisotopic (exact) mass is 553 g/mol. The van der Waals surface area contributed by atoms with Crippen molar-refractivity contribution in [2.75, 3.05) is 14.1 Å². The third-order valence-corrected chi connectivity index (χ3v) is 6.75. The van der Waals surface area contributed by atoms with Crippen molar-refractivity contribution in [2.45, 2.75) is 4.90 Å². The summed E-state index contributed by atoms with van der Waals surface area (Å²) in [5.41, 5.74) is 5.41. The van der Waals surface area contributed by atoms with Crippen molar-refractivity contribution in [1.29, 1.82) is 0 Å². The third kappa shape index (κ3) is 5.67. The van der Waals surface area contributed by atoms with Crippen molar-refractivity contribution in [3.8, 4) is 0 Å². The molecule has 3 aromatic carbocycles. The molecule has 4 N–H and O–H groups in total. The number of aromatic amines is 1. The molecule has 200 valence electrons. The number of amides is 1. The quantitative estimate of drug-likeness (QED) is 0.109. The molecule has 1 aromatic heterocycles. The van der Waals surface area contributed by atoms with E-state index in [9.17, 15) is 31.9 Å². The molecule has 0 bridgehead atoms. The van der Waals surface area contributed by atoms with Crippen LogP contribution in [0.4, 0.5) is 8.78 Å². The number of carbonyl (C=O) groups is 2. The van der Waals surface area contributed by atoms with Gasteiger partial charge < -0.3 is 20.7 Å². The van der Waals surface area contributed by atoms with Crippen LogP contribution in [0, 0.1) is 11.6 Å². The number of allylic oxidation sites excluding steroid dienone is 1. The predicted octanol–water partition coefficient (Wildman–Crippen LogP) is 3.28. The molecule has 0 radical (unpaired) electrons. The van der Waals surface area contributed by atoms with Gasteiger partial charge in [-0.25, -0.2) is 13.8 Å². The van der Waals surface area contributed by atoms with E-state index in [2.05, 4.69) is 14.4 Å². The van der Waals surface area contributed by atoms with Crippen LogP contribution in [0.3, 0.4) is 0 Å². The standard InChI is InChI=1S/C26H21F2N5O5S/c1-33(2)26(36)24(29)32-39(37,38)18-7-5-6-14(12-18)22(34)21(23(35)15-10-16(27)13-17(28)11-15)25-30-19-8-3-4-9-20(19)31-25/h3-13,35H,1-2H3,(H2,29,32)(H,30,31). The number of aromatic nitrogens is 2. The average Bonchev–Trinajstić information content (AvgIpc) is 3.31. The van der Waals surface area contributed by atoms with Gasteiger partial charge in [-0.3, -0.25) is 9.59 Å². The lowest BCUT2D eigenvalue weighted by Crippen LogP contribution is -2.36. The number of halogens is 2. The molecule has 0 saturated carbocycles. The Balaban J connectivity index is 1.87. The minimum absolute atomic E-state index is 0.129. The fraction of sp³-hybridized carbons (Fsp3) is 0.0769. The van der Waals surface area contributed by atoms with Gasteiger partial charge in [0.15, 0.2) is 0 Å². The summed E-state index contributed by atoms with van der Waals surface area (Å²) in [6.07, 6.45) is 0. The first-order valence-corrected chi connectivity index (χ1v) is 12.6. The topological polar surface area (TPSA) is 159 Å². The van der Waals surface area contributed by atoms with Crippen molar-refractivity contribution >= 4 is 49.9 Å². The lowest BCUT2D eigenvalue weighted by molar-refractivity contribution is -0.121. The molecule has 4 rings (SSSR count). The summed E-state index contributed by atoms with van der Waals surface area (Å²) >= 11 is 0. The summed E-state index contributed by atoms with van der Waals surface area (Å²) in [5.74, 6) is -5.47. The van der Waals surface area contributed by atoms with Crippen molar-refractivity contribution in [3.63, 3.8) is 0 Å². The van der Waals surface area contributed by atoms with Crippen LogP contribution in [0.2, 0.25) is 0 Å². The Morgan fingerprint density at radius 2 is 1.64 bits per heavy atom. The van der Waals surface area contributed by atoms with Gasteiger partial charge in [0.25, 0.3) is 15.9 Å². The Hall–Kier alpha value is -4.91. The van der Waals surface area contributed by atoms with Crippen molar-refractivity contribution in [1.82, 2.24) is 14.9 Å². The largest absolute Gasteiger partial charge is 0.506 e. The highest BCUT2D eigenvalue weighted by molar-refractivity contribution is 7.90. The molecular weight excluding hydrogens is 532 g/mol. The summed E-state index contributed by atoms with van der Waals surface area (Å²) in [7, 11) is -1.81.